The molecule has 1 heterocycles. The van der Waals surface area contributed by atoms with Gasteiger partial charge in [-0.05, 0) is 36.6 Å². The van der Waals surface area contributed by atoms with Crippen molar-refractivity contribution in [2.45, 2.75) is 6.42 Å². The van der Waals surface area contributed by atoms with Gasteiger partial charge in [0, 0.05) is 31.4 Å². The van der Waals surface area contributed by atoms with E-state index in [1.54, 1.807) is 7.11 Å². The minimum Gasteiger partial charge on any atom is -0.497 e. The molecule has 25 heavy (non-hydrogen) atoms. The molecule has 1 N–H and O–H groups in total. The monoisotopic (exact) mass is 346 g/mol. The summed E-state index contributed by atoms with van der Waals surface area (Å²) in [5, 5.41) is 2.65. The minimum absolute atomic E-state index is 0.227. The predicted molar refractivity (Wildman–Crippen MR) is 92.0 cm³/mol. The van der Waals surface area contributed by atoms with Crippen LogP contribution in [0.25, 0.3) is 0 Å². The van der Waals surface area contributed by atoms with Crippen molar-refractivity contribution in [2.24, 2.45) is 5.92 Å². The highest BCUT2D eigenvalue weighted by atomic mass is 19.1. The van der Waals surface area contributed by atoms with Crippen molar-refractivity contribution in [3.63, 3.8) is 0 Å². The molecule has 1 unspecified atom stereocenters. The van der Waals surface area contributed by atoms with Gasteiger partial charge in [-0.1, -0.05) is 12.1 Å². The van der Waals surface area contributed by atoms with Gasteiger partial charge in [0.15, 0.2) is 0 Å². The Morgan fingerprint density at radius 1 is 1.24 bits per heavy atom. The number of anilines is 1. The molecule has 2 aromatic carbocycles. The molecule has 2 aromatic rings. The first kappa shape index (κ1) is 17.2. The predicted octanol–water partition coefficient (Wildman–Crippen LogP) is 3.23. The quantitative estimate of drug-likeness (QED) is 0.904. The number of nitrogens with one attached hydrogen (secondary N) is 1. The number of rotatable bonds is 5. The Hall–Kier alpha value is -2.63. The van der Waals surface area contributed by atoms with Gasteiger partial charge in [0.1, 0.15) is 22.9 Å². The third-order valence-electron chi connectivity index (χ3n) is 4.45. The normalized spacial score (nSPS) is 16.8. The van der Waals surface area contributed by atoms with Crippen LogP contribution in [0.1, 0.15) is 16.8 Å². The molecule has 132 valence electrons. The summed E-state index contributed by atoms with van der Waals surface area (Å²) in [5.41, 5.74) is 0.540. The van der Waals surface area contributed by atoms with E-state index in [-0.39, 0.29) is 5.92 Å². The number of methoxy groups -OCH3 is 1. The topological polar surface area (TPSA) is 41.6 Å². The molecular formula is C19H20F2N2O2. The van der Waals surface area contributed by atoms with E-state index >= 15 is 0 Å². The number of amides is 1. The van der Waals surface area contributed by atoms with Gasteiger partial charge >= 0.3 is 0 Å². The second kappa shape index (κ2) is 7.51. The standard InChI is InChI=1S/C19H20F2N2O2/c1-25-15-5-2-4-14(10-15)23-9-8-13(12-23)11-22-19(24)18-16(20)6-3-7-17(18)21/h2-7,10,13H,8-9,11-12H2,1H3,(H,22,24). The zero-order valence-corrected chi connectivity index (χ0v) is 14.0. The summed E-state index contributed by atoms with van der Waals surface area (Å²) in [7, 11) is 1.63. The molecule has 0 aliphatic carbocycles. The van der Waals surface area contributed by atoms with Gasteiger partial charge in [0.2, 0.25) is 0 Å². The van der Waals surface area contributed by atoms with Gasteiger partial charge in [-0.2, -0.15) is 0 Å². The number of carbonyl (C=O) groups excluding carboxylic acids is 1. The lowest BCUT2D eigenvalue weighted by Crippen LogP contribution is -2.32. The van der Waals surface area contributed by atoms with Crippen LogP contribution < -0.4 is 15.0 Å². The molecule has 1 saturated heterocycles. The number of hydrogen-bond donors (Lipinski definition) is 1. The van der Waals surface area contributed by atoms with Gasteiger partial charge in [-0.3, -0.25) is 4.79 Å². The van der Waals surface area contributed by atoms with E-state index in [9.17, 15) is 13.6 Å². The number of carbonyl (C=O) groups is 1. The molecule has 0 aromatic heterocycles. The van der Waals surface area contributed by atoms with Crippen LogP contribution >= 0.6 is 0 Å². The van der Waals surface area contributed by atoms with Gasteiger partial charge in [-0.15, -0.1) is 0 Å². The Bertz CT molecular complexity index is 747. The zero-order chi connectivity index (χ0) is 17.8. The Labute approximate surface area is 145 Å². The number of hydrogen-bond acceptors (Lipinski definition) is 3. The number of benzene rings is 2. The molecule has 0 saturated carbocycles. The largest absolute Gasteiger partial charge is 0.497 e. The fourth-order valence-corrected chi connectivity index (χ4v) is 3.08. The average molecular weight is 346 g/mol. The highest BCUT2D eigenvalue weighted by molar-refractivity contribution is 5.94. The maximum atomic E-state index is 13.6. The molecule has 1 amide bonds. The van der Waals surface area contributed by atoms with E-state index in [4.69, 9.17) is 4.74 Å². The molecule has 4 nitrogen and oxygen atoms in total. The third kappa shape index (κ3) is 3.90. The minimum atomic E-state index is -0.845. The van der Waals surface area contributed by atoms with Crippen LogP contribution in [0.4, 0.5) is 14.5 Å². The summed E-state index contributed by atoms with van der Waals surface area (Å²) in [4.78, 5) is 14.3. The second-order valence-corrected chi connectivity index (χ2v) is 6.11. The summed E-state index contributed by atoms with van der Waals surface area (Å²) in [6, 6.07) is 11.2. The van der Waals surface area contributed by atoms with E-state index in [1.807, 2.05) is 24.3 Å². The van der Waals surface area contributed by atoms with Gasteiger partial charge < -0.3 is 15.0 Å². The van der Waals surface area contributed by atoms with Crippen LogP contribution in [0.3, 0.4) is 0 Å². The first-order valence-corrected chi connectivity index (χ1v) is 8.19. The van der Waals surface area contributed by atoms with Crippen molar-refractivity contribution in [3.8, 4) is 5.75 Å². The molecule has 1 atom stereocenters. The summed E-state index contributed by atoms with van der Waals surface area (Å²) in [6.07, 6.45) is 0.900. The lowest BCUT2D eigenvalue weighted by atomic mass is 10.1. The van der Waals surface area contributed by atoms with Crippen molar-refractivity contribution in [3.05, 3.63) is 59.7 Å². The fraction of sp³-hybridized carbons (Fsp3) is 0.316. The summed E-state index contributed by atoms with van der Waals surface area (Å²) in [6.45, 7) is 2.02. The van der Waals surface area contributed by atoms with Crippen LogP contribution in [0.5, 0.6) is 5.75 Å². The van der Waals surface area contributed by atoms with Gasteiger partial charge in [0.05, 0.1) is 7.11 Å². The van der Waals surface area contributed by atoms with Crippen molar-refractivity contribution >= 4 is 11.6 Å². The highest BCUT2D eigenvalue weighted by Gasteiger charge is 2.24. The Morgan fingerprint density at radius 2 is 1.96 bits per heavy atom. The third-order valence-corrected chi connectivity index (χ3v) is 4.45. The van der Waals surface area contributed by atoms with Crippen molar-refractivity contribution in [1.29, 1.82) is 0 Å². The van der Waals surface area contributed by atoms with Crippen molar-refractivity contribution < 1.29 is 18.3 Å². The molecule has 1 fully saturated rings. The van der Waals surface area contributed by atoms with E-state index < -0.39 is 23.1 Å². The highest BCUT2D eigenvalue weighted by Crippen LogP contribution is 2.26. The summed E-state index contributed by atoms with van der Waals surface area (Å²) >= 11 is 0. The first-order valence-electron chi connectivity index (χ1n) is 8.19. The molecule has 1 aliphatic rings. The van der Waals surface area contributed by atoms with Crippen LogP contribution in [0, 0.1) is 17.6 Å². The Balaban J connectivity index is 1.57. The summed E-state index contributed by atoms with van der Waals surface area (Å²) in [5.74, 6) is -1.38. The molecule has 3 rings (SSSR count). The lowest BCUT2D eigenvalue weighted by molar-refractivity contribution is 0.0940. The van der Waals surface area contributed by atoms with Gasteiger partial charge in [-0.25, -0.2) is 8.78 Å². The van der Waals surface area contributed by atoms with Crippen LogP contribution in [0.2, 0.25) is 0 Å². The second-order valence-electron chi connectivity index (χ2n) is 6.11. The van der Waals surface area contributed by atoms with Crippen molar-refractivity contribution in [1.82, 2.24) is 5.32 Å². The lowest BCUT2D eigenvalue weighted by Gasteiger charge is -2.19. The molecule has 0 radical (unpaired) electrons. The van der Waals surface area contributed by atoms with Crippen molar-refractivity contribution in [2.75, 3.05) is 31.6 Å². The van der Waals surface area contributed by atoms with E-state index in [0.717, 1.165) is 43.1 Å². The molecule has 0 spiro atoms. The number of nitrogens with zero attached hydrogens (tertiary/aromatic N) is 1. The smallest absolute Gasteiger partial charge is 0.257 e. The van der Waals surface area contributed by atoms with Crippen LogP contribution in [0.15, 0.2) is 42.5 Å². The molecule has 0 bridgehead atoms. The van der Waals surface area contributed by atoms with Crippen LogP contribution in [-0.4, -0.2) is 32.7 Å². The Morgan fingerprint density at radius 3 is 2.68 bits per heavy atom. The van der Waals surface area contributed by atoms with E-state index in [0.29, 0.717) is 6.54 Å². The summed E-state index contributed by atoms with van der Waals surface area (Å²) < 4.78 is 32.5. The number of ether oxygens (including phenoxy) is 1. The number of halogens is 2. The Kier molecular flexibility index (Phi) is 5.16. The maximum absolute atomic E-state index is 13.6. The maximum Gasteiger partial charge on any atom is 0.257 e. The molecular weight excluding hydrogens is 326 g/mol. The average Bonchev–Trinajstić information content (AvgIpc) is 3.09. The molecule has 1 aliphatic heterocycles. The van der Waals surface area contributed by atoms with Crippen LogP contribution in [-0.2, 0) is 0 Å². The first-order chi connectivity index (χ1) is 12.1. The zero-order valence-electron chi connectivity index (χ0n) is 14.0. The molecule has 6 heteroatoms. The van der Waals surface area contributed by atoms with E-state index in [1.165, 1.54) is 6.07 Å². The van der Waals surface area contributed by atoms with E-state index in [2.05, 4.69) is 10.2 Å². The fourth-order valence-electron chi connectivity index (χ4n) is 3.08. The SMILES string of the molecule is COc1cccc(N2CCC(CNC(=O)c3c(F)cccc3F)C2)c1. The van der Waals surface area contributed by atoms with Gasteiger partial charge in [0.25, 0.3) is 5.91 Å².